The Hall–Kier alpha value is -3.71. The molecule has 6 nitrogen and oxygen atoms in total. The minimum atomic E-state index is -0.615. The van der Waals surface area contributed by atoms with E-state index in [9.17, 15) is 14.0 Å². The van der Waals surface area contributed by atoms with Crippen LogP contribution in [-0.2, 0) is 11.4 Å². The van der Waals surface area contributed by atoms with E-state index in [1.807, 2.05) is 30.3 Å². The van der Waals surface area contributed by atoms with Gasteiger partial charge in [0.05, 0.1) is 11.8 Å². The number of para-hydroxylation sites is 1. The Kier molecular flexibility index (Phi) is 8.34. The summed E-state index contributed by atoms with van der Waals surface area (Å²) in [6.07, 6.45) is 1.47. The third-order valence-corrected chi connectivity index (χ3v) is 4.63. The van der Waals surface area contributed by atoms with Crippen molar-refractivity contribution in [3.8, 4) is 5.75 Å². The average Bonchev–Trinajstić information content (AvgIpc) is 2.79. The third-order valence-electron chi connectivity index (χ3n) is 4.38. The van der Waals surface area contributed by atoms with E-state index in [0.717, 1.165) is 5.56 Å². The minimum absolute atomic E-state index is 0.00769. The Bertz CT molecular complexity index is 1100. The van der Waals surface area contributed by atoms with Crippen LogP contribution in [0.1, 0.15) is 27.9 Å². The molecule has 0 spiro atoms. The molecule has 3 aromatic rings. The highest BCUT2D eigenvalue weighted by Crippen LogP contribution is 2.18. The van der Waals surface area contributed by atoms with Gasteiger partial charge in [0.25, 0.3) is 5.91 Å². The van der Waals surface area contributed by atoms with Gasteiger partial charge in [0, 0.05) is 23.6 Å². The number of hydrazone groups is 1. The number of ether oxygens (including phenoxy) is 1. The van der Waals surface area contributed by atoms with Gasteiger partial charge in [0.15, 0.2) is 0 Å². The quantitative estimate of drug-likeness (QED) is 0.374. The van der Waals surface area contributed by atoms with E-state index in [-0.39, 0.29) is 18.5 Å². The molecule has 0 atom stereocenters. The highest BCUT2D eigenvalue weighted by Gasteiger charge is 2.10. The van der Waals surface area contributed by atoms with E-state index in [1.54, 1.807) is 24.3 Å². The van der Waals surface area contributed by atoms with Crippen molar-refractivity contribution in [1.82, 2.24) is 10.7 Å². The van der Waals surface area contributed by atoms with E-state index >= 15 is 0 Å². The second kappa shape index (κ2) is 11.6. The fraction of sp³-hybridized carbons (Fsp3) is 0.125. The van der Waals surface area contributed by atoms with Crippen LogP contribution in [0.4, 0.5) is 4.39 Å². The van der Waals surface area contributed by atoms with E-state index < -0.39 is 17.6 Å². The van der Waals surface area contributed by atoms with E-state index in [4.69, 9.17) is 16.3 Å². The summed E-state index contributed by atoms with van der Waals surface area (Å²) in [5, 5.41) is 7.10. The van der Waals surface area contributed by atoms with Gasteiger partial charge in [0.1, 0.15) is 18.2 Å². The fourth-order valence-electron chi connectivity index (χ4n) is 2.72. The SMILES string of the molecule is O=C(CCNC(=O)c1ccccc1F)NN=Cc1ccccc1OCc1ccc(Cl)cc1. The van der Waals surface area contributed by atoms with E-state index in [0.29, 0.717) is 22.9 Å². The van der Waals surface area contributed by atoms with Gasteiger partial charge in [-0.05, 0) is 42.0 Å². The molecule has 3 aromatic carbocycles. The van der Waals surface area contributed by atoms with Crippen LogP contribution in [0, 0.1) is 5.82 Å². The normalized spacial score (nSPS) is 10.7. The first-order chi connectivity index (χ1) is 15.5. The Morgan fingerprint density at radius 2 is 1.72 bits per heavy atom. The first kappa shape index (κ1) is 23.0. The number of rotatable bonds is 9. The molecule has 3 rings (SSSR count). The molecule has 0 fully saturated rings. The van der Waals surface area contributed by atoms with Crippen LogP contribution in [0.5, 0.6) is 5.75 Å². The van der Waals surface area contributed by atoms with Crippen LogP contribution in [0.15, 0.2) is 77.9 Å². The maximum absolute atomic E-state index is 13.6. The lowest BCUT2D eigenvalue weighted by Gasteiger charge is -2.09. The van der Waals surface area contributed by atoms with Gasteiger partial charge in [-0.1, -0.05) is 48.0 Å². The summed E-state index contributed by atoms with van der Waals surface area (Å²) in [6, 6.07) is 20.3. The number of benzene rings is 3. The number of nitrogens with one attached hydrogen (secondary N) is 2. The monoisotopic (exact) mass is 453 g/mol. The molecule has 0 unspecified atom stereocenters. The summed E-state index contributed by atoms with van der Waals surface area (Å²) in [4.78, 5) is 23.9. The Labute approximate surface area is 190 Å². The smallest absolute Gasteiger partial charge is 0.254 e. The van der Waals surface area contributed by atoms with Crippen LogP contribution in [0.3, 0.4) is 0 Å². The molecular formula is C24H21ClFN3O3. The van der Waals surface area contributed by atoms with Crippen molar-refractivity contribution < 1.29 is 18.7 Å². The van der Waals surface area contributed by atoms with Gasteiger partial charge >= 0.3 is 0 Å². The van der Waals surface area contributed by atoms with Crippen molar-refractivity contribution >= 4 is 29.6 Å². The molecule has 2 amide bonds. The standard InChI is InChI=1S/C24H21ClFN3O3/c25-19-11-9-17(10-12-19)16-32-22-8-4-1-5-18(22)15-28-29-23(30)13-14-27-24(31)20-6-2-3-7-21(20)26/h1-12,15H,13-14,16H2,(H,27,31)(H,29,30). The van der Waals surface area contributed by atoms with Crippen LogP contribution in [-0.4, -0.2) is 24.6 Å². The summed E-state index contributed by atoms with van der Waals surface area (Å²) in [7, 11) is 0. The van der Waals surface area contributed by atoms with Crippen molar-refractivity contribution in [3.63, 3.8) is 0 Å². The molecule has 0 aliphatic heterocycles. The predicted octanol–water partition coefficient (Wildman–Crippen LogP) is 4.33. The lowest BCUT2D eigenvalue weighted by atomic mass is 10.2. The zero-order valence-electron chi connectivity index (χ0n) is 17.1. The van der Waals surface area contributed by atoms with Crippen LogP contribution in [0.25, 0.3) is 0 Å². The van der Waals surface area contributed by atoms with E-state index in [2.05, 4.69) is 15.8 Å². The Morgan fingerprint density at radius 3 is 2.50 bits per heavy atom. The molecule has 2 N–H and O–H groups in total. The molecule has 0 saturated carbocycles. The molecule has 8 heteroatoms. The first-order valence-electron chi connectivity index (χ1n) is 9.84. The number of amides is 2. The van der Waals surface area contributed by atoms with Crippen molar-refractivity contribution in [3.05, 3.63) is 100 Å². The number of hydrogen-bond donors (Lipinski definition) is 2. The molecule has 0 aromatic heterocycles. The minimum Gasteiger partial charge on any atom is -0.488 e. The second-order valence-electron chi connectivity index (χ2n) is 6.73. The van der Waals surface area contributed by atoms with Crippen LogP contribution >= 0.6 is 11.6 Å². The van der Waals surface area contributed by atoms with E-state index in [1.165, 1.54) is 24.4 Å². The zero-order chi connectivity index (χ0) is 22.8. The Morgan fingerprint density at radius 1 is 1.00 bits per heavy atom. The molecule has 0 aliphatic carbocycles. The number of hydrogen-bond acceptors (Lipinski definition) is 4. The van der Waals surface area contributed by atoms with Gasteiger partial charge in [-0.3, -0.25) is 9.59 Å². The van der Waals surface area contributed by atoms with Crippen molar-refractivity contribution in [1.29, 1.82) is 0 Å². The average molecular weight is 454 g/mol. The topological polar surface area (TPSA) is 79.8 Å². The number of halogens is 2. The van der Waals surface area contributed by atoms with Crippen molar-refractivity contribution in [2.24, 2.45) is 5.10 Å². The Balaban J connectivity index is 1.46. The van der Waals surface area contributed by atoms with Crippen molar-refractivity contribution in [2.45, 2.75) is 13.0 Å². The third kappa shape index (κ3) is 6.92. The summed E-state index contributed by atoms with van der Waals surface area (Å²) in [5.74, 6) is -0.977. The van der Waals surface area contributed by atoms with Gasteiger partial charge in [-0.2, -0.15) is 5.10 Å². The van der Waals surface area contributed by atoms with Crippen molar-refractivity contribution in [2.75, 3.05) is 6.54 Å². The predicted molar refractivity (Wildman–Crippen MR) is 121 cm³/mol. The van der Waals surface area contributed by atoms with Crippen LogP contribution < -0.4 is 15.5 Å². The highest BCUT2D eigenvalue weighted by molar-refractivity contribution is 6.30. The van der Waals surface area contributed by atoms with Gasteiger partial charge < -0.3 is 10.1 Å². The fourth-order valence-corrected chi connectivity index (χ4v) is 2.85. The maximum atomic E-state index is 13.6. The molecule has 0 radical (unpaired) electrons. The molecular weight excluding hydrogens is 433 g/mol. The number of carbonyl (C=O) groups is 2. The molecule has 0 aliphatic rings. The van der Waals surface area contributed by atoms with Gasteiger partial charge in [-0.15, -0.1) is 0 Å². The lowest BCUT2D eigenvalue weighted by molar-refractivity contribution is -0.120. The summed E-state index contributed by atoms with van der Waals surface area (Å²) in [6.45, 7) is 0.408. The molecule has 0 heterocycles. The lowest BCUT2D eigenvalue weighted by Crippen LogP contribution is -2.29. The molecule has 0 saturated heterocycles. The number of carbonyl (C=O) groups excluding carboxylic acids is 2. The largest absolute Gasteiger partial charge is 0.488 e. The summed E-state index contributed by atoms with van der Waals surface area (Å²) in [5.41, 5.74) is 3.98. The summed E-state index contributed by atoms with van der Waals surface area (Å²) < 4.78 is 19.4. The number of nitrogens with zero attached hydrogens (tertiary/aromatic N) is 1. The maximum Gasteiger partial charge on any atom is 0.254 e. The van der Waals surface area contributed by atoms with Gasteiger partial charge in [-0.25, -0.2) is 9.82 Å². The second-order valence-corrected chi connectivity index (χ2v) is 7.17. The summed E-state index contributed by atoms with van der Waals surface area (Å²) >= 11 is 5.89. The zero-order valence-corrected chi connectivity index (χ0v) is 17.8. The molecule has 164 valence electrons. The molecule has 0 bridgehead atoms. The molecule has 32 heavy (non-hydrogen) atoms. The van der Waals surface area contributed by atoms with Crippen LogP contribution in [0.2, 0.25) is 5.02 Å². The first-order valence-corrected chi connectivity index (χ1v) is 10.2. The van der Waals surface area contributed by atoms with Gasteiger partial charge in [0.2, 0.25) is 5.91 Å². The highest BCUT2D eigenvalue weighted by atomic mass is 35.5.